The van der Waals surface area contributed by atoms with Crippen molar-refractivity contribution < 1.29 is 19.1 Å². The van der Waals surface area contributed by atoms with Gasteiger partial charge in [0.25, 0.3) is 5.91 Å². The third-order valence-corrected chi connectivity index (χ3v) is 7.30. The molecule has 0 saturated heterocycles. The largest absolute Gasteiger partial charge is 0.454 e. The molecule has 2 aromatic carbocycles. The molecule has 1 atom stereocenters. The van der Waals surface area contributed by atoms with Gasteiger partial charge in [-0.05, 0) is 68.7 Å². The molecule has 0 fully saturated rings. The summed E-state index contributed by atoms with van der Waals surface area (Å²) < 4.78 is 10.7. The topological polar surface area (TPSA) is 102 Å². The minimum absolute atomic E-state index is 0.0991. The van der Waals surface area contributed by atoms with Gasteiger partial charge in [-0.1, -0.05) is 6.07 Å². The van der Waals surface area contributed by atoms with Crippen LogP contribution in [0, 0.1) is 6.92 Å². The van der Waals surface area contributed by atoms with Crippen LogP contribution in [0.2, 0.25) is 0 Å². The molecule has 1 unspecified atom stereocenters. The number of anilines is 2. The molecular formula is C26H22N4O4S. The Morgan fingerprint density at radius 1 is 1.03 bits per heavy atom. The van der Waals surface area contributed by atoms with E-state index in [-0.39, 0.29) is 24.5 Å². The third kappa shape index (κ3) is 4.08. The summed E-state index contributed by atoms with van der Waals surface area (Å²) in [6.45, 7) is 2.09. The lowest BCUT2D eigenvalue weighted by Gasteiger charge is -2.20. The molecule has 2 aromatic heterocycles. The molecule has 0 spiro atoms. The molecule has 2 amide bonds. The molecule has 1 aliphatic carbocycles. The van der Waals surface area contributed by atoms with Gasteiger partial charge in [-0.25, -0.2) is 4.98 Å². The van der Waals surface area contributed by atoms with Crippen LogP contribution in [0.4, 0.5) is 10.8 Å². The minimum Gasteiger partial charge on any atom is -0.454 e. The lowest BCUT2D eigenvalue weighted by atomic mass is 9.90. The first-order valence-corrected chi connectivity index (χ1v) is 12.2. The molecule has 1 aliphatic heterocycles. The van der Waals surface area contributed by atoms with Crippen molar-refractivity contribution in [2.75, 3.05) is 17.4 Å². The van der Waals surface area contributed by atoms with Gasteiger partial charge in [0.15, 0.2) is 16.6 Å². The maximum absolute atomic E-state index is 13.3. The van der Waals surface area contributed by atoms with E-state index >= 15 is 0 Å². The molecule has 3 heterocycles. The van der Waals surface area contributed by atoms with E-state index in [1.165, 1.54) is 11.3 Å². The molecule has 0 saturated carbocycles. The number of thiazole rings is 1. The fourth-order valence-corrected chi connectivity index (χ4v) is 5.58. The highest BCUT2D eigenvalue weighted by atomic mass is 32.1. The fourth-order valence-electron chi connectivity index (χ4n) is 4.52. The Balaban J connectivity index is 1.22. The Morgan fingerprint density at radius 2 is 1.91 bits per heavy atom. The third-order valence-electron chi connectivity index (χ3n) is 6.25. The van der Waals surface area contributed by atoms with Crippen LogP contribution in [0.15, 0.2) is 48.5 Å². The van der Waals surface area contributed by atoms with Crippen LogP contribution in [-0.2, 0) is 11.2 Å². The zero-order valence-corrected chi connectivity index (χ0v) is 19.8. The standard InChI is InChI=1S/C26H22N4O4S/c1-14-8-10-16-18(27-14)5-3-6-19(16)28-25(32)17-4-2-7-22-23(17)29-26(35-22)30-24(31)15-9-11-20-21(12-15)34-13-33-20/h3,5-6,8-12,17H,2,4,7,13H2,1H3,(H,28,32)(H,29,30,31). The second kappa shape index (κ2) is 8.66. The highest BCUT2D eigenvalue weighted by Crippen LogP contribution is 2.38. The highest BCUT2D eigenvalue weighted by molar-refractivity contribution is 7.16. The number of nitrogens with one attached hydrogen (secondary N) is 2. The Kier molecular flexibility index (Phi) is 5.33. The number of fused-ring (bicyclic) bond motifs is 3. The van der Waals surface area contributed by atoms with Crippen molar-refractivity contribution in [2.45, 2.75) is 32.1 Å². The van der Waals surface area contributed by atoms with Gasteiger partial charge >= 0.3 is 0 Å². The number of pyridine rings is 1. The quantitative estimate of drug-likeness (QED) is 0.419. The predicted molar refractivity (Wildman–Crippen MR) is 133 cm³/mol. The van der Waals surface area contributed by atoms with Crippen LogP contribution in [0.1, 0.15) is 45.4 Å². The van der Waals surface area contributed by atoms with E-state index in [0.717, 1.165) is 45.7 Å². The van der Waals surface area contributed by atoms with Gasteiger partial charge < -0.3 is 14.8 Å². The molecule has 6 rings (SSSR count). The van der Waals surface area contributed by atoms with Gasteiger partial charge in [0.1, 0.15) is 0 Å². The number of aryl methyl sites for hydroxylation is 2. The van der Waals surface area contributed by atoms with E-state index in [1.54, 1.807) is 18.2 Å². The Labute approximate surface area is 205 Å². The van der Waals surface area contributed by atoms with Gasteiger partial charge in [0.2, 0.25) is 12.7 Å². The summed E-state index contributed by atoms with van der Waals surface area (Å²) in [5.41, 5.74) is 3.70. The molecule has 4 aromatic rings. The number of carbonyl (C=O) groups is 2. The second-order valence-corrected chi connectivity index (χ2v) is 9.69. The van der Waals surface area contributed by atoms with E-state index in [9.17, 15) is 9.59 Å². The smallest absolute Gasteiger partial charge is 0.257 e. The van der Waals surface area contributed by atoms with E-state index in [2.05, 4.69) is 20.6 Å². The lowest BCUT2D eigenvalue weighted by Crippen LogP contribution is -2.24. The number of ether oxygens (including phenoxy) is 2. The van der Waals surface area contributed by atoms with Crippen molar-refractivity contribution in [1.82, 2.24) is 9.97 Å². The van der Waals surface area contributed by atoms with Gasteiger partial charge in [0.05, 0.1) is 22.8 Å². The van der Waals surface area contributed by atoms with Crippen molar-refractivity contribution in [2.24, 2.45) is 0 Å². The Morgan fingerprint density at radius 3 is 2.83 bits per heavy atom. The number of aromatic nitrogens is 2. The number of hydrogen-bond donors (Lipinski definition) is 2. The van der Waals surface area contributed by atoms with Crippen LogP contribution < -0.4 is 20.1 Å². The summed E-state index contributed by atoms with van der Waals surface area (Å²) in [4.78, 5) is 36.4. The summed E-state index contributed by atoms with van der Waals surface area (Å²) in [6, 6.07) is 14.7. The Bertz CT molecular complexity index is 1480. The molecule has 2 N–H and O–H groups in total. The number of rotatable bonds is 4. The molecule has 35 heavy (non-hydrogen) atoms. The van der Waals surface area contributed by atoms with Gasteiger partial charge in [0, 0.05) is 21.5 Å². The number of benzene rings is 2. The molecule has 9 heteroatoms. The molecule has 2 aliphatic rings. The number of hydrogen-bond acceptors (Lipinski definition) is 7. The van der Waals surface area contributed by atoms with Crippen LogP contribution in [-0.4, -0.2) is 28.6 Å². The van der Waals surface area contributed by atoms with Crippen molar-refractivity contribution in [1.29, 1.82) is 0 Å². The molecular weight excluding hydrogens is 464 g/mol. The SMILES string of the molecule is Cc1ccc2c(NC(=O)C3CCCc4sc(NC(=O)c5ccc6c(c5)OCO6)nc43)cccc2n1. The summed E-state index contributed by atoms with van der Waals surface area (Å²) >= 11 is 1.43. The number of carbonyl (C=O) groups excluding carboxylic acids is 2. The molecule has 176 valence electrons. The van der Waals surface area contributed by atoms with Crippen LogP contribution >= 0.6 is 11.3 Å². The first kappa shape index (κ1) is 21.5. The first-order chi connectivity index (χ1) is 17.0. The average Bonchev–Trinajstić information content (AvgIpc) is 3.49. The highest BCUT2D eigenvalue weighted by Gasteiger charge is 2.31. The zero-order chi connectivity index (χ0) is 23.9. The summed E-state index contributed by atoms with van der Waals surface area (Å²) in [7, 11) is 0. The zero-order valence-electron chi connectivity index (χ0n) is 19.0. The van der Waals surface area contributed by atoms with Crippen molar-refractivity contribution in [3.63, 3.8) is 0 Å². The summed E-state index contributed by atoms with van der Waals surface area (Å²) in [5, 5.41) is 7.35. The summed E-state index contributed by atoms with van der Waals surface area (Å²) in [5.74, 6) is 0.413. The van der Waals surface area contributed by atoms with Gasteiger partial charge in [-0.3, -0.25) is 19.9 Å². The van der Waals surface area contributed by atoms with Crippen molar-refractivity contribution in [3.8, 4) is 11.5 Å². The van der Waals surface area contributed by atoms with Gasteiger partial charge in [-0.15, -0.1) is 11.3 Å². The van der Waals surface area contributed by atoms with E-state index in [4.69, 9.17) is 9.47 Å². The van der Waals surface area contributed by atoms with Gasteiger partial charge in [-0.2, -0.15) is 0 Å². The summed E-state index contributed by atoms with van der Waals surface area (Å²) in [6.07, 6.45) is 2.44. The molecule has 0 radical (unpaired) electrons. The van der Waals surface area contributed by atoms with E-state index in [1.807, 2.05) is 37.3 Å². The van der Waals surface area contributed by atoms with E-state index < -0.39 is 0 Å². The minimum atomic E-state index is -0.375. The monoisotopic (exact) mass is 486 g/mol. The number of nitrogens with zero attached hydrogens (tertiary/aromatic N) is 2. The van der Waals surface area contributed by atoms with Crippen LogP contribution in [0.5, 0.6) is 11.5 Å². The molecule has 8 nitrogen and oxygen atoms in total. The normalized spacial score (nSPS) is 16.1. The lowest BCUT2D eigenvalue weighted by molar-refractivity contribution is -0.117. The van der Waals surface area contributed by atoms with E-state index in [0.29, 0.717) is 28.6 Å². The van der Waals surface area contributed by atoms with Crippen molar-refractivity contribution in [3.05, 3.63) is 70.4 Å². The first-order valence-electron chi connectivity index (χ1n) is 11.4. The van der Waals surface area contributed by atoms with Crippen LogP contribution in [0.25, 0.3) is 10.9 Å². The predicted octanol–water partition coefficient (Wildman–Crippen LogP) is 5.04. The Hall–Kier alpha value is -3.98. The van der Waals surface area contributed by atoms with Crippen LogP contribution in [0.3, 0.4) is 0 Å². The number of amides is 2. The second-order valence-electron chi connectivity index (χ2n) is 8.61. The molecule has 0 bridgehead atoms. The van der Waals surface area contributed by atoms with Crippen molar-refractivity contribution >= 4 is 44.9 Å². The maximum atomic E-state index is 13.3. The maximum Gasteiger partial charge on any atom is 0.257 e. The average molecular weight is 487 g/mol. The fraction of sp³-hybridized carbons (Fsp3) is 0.231.